The van der Waals surface area contributed by atoms with Gasteiger partial charge in [0.15, 0.2) is 0 Å². The van der Waals surface area contributed by atoms with Crippen LogP contribution in [0.3, 0.4) is 0 Å². The van der Waals surface area contributed by atoms with Crippen LogP contribution in [0.2, 0.25) is 0 Å². The number of amides is 3. The van der Waals surface area contributed by atoms with Gasteiger partial charge < -0.3 is 5.32 Å². The molecule has 0 aromatic carbocycles. The smallest absolute Gasteiger partial charge is 0.321 e. The monoisotopic (exact) mass is 269 g/mol. The third-order valence-electron chi connectivity index (χ3n) is 3.51. The molecule has 0 bridgehead atoms. The highest BCUT2D eigenvalue weighted by Crippen LogP contribution is 2.21. The van der Waals surface area contributed by atoms with Crippen LogP contribution in [0, 0.1) is 5.92 Å². The highest BCUT2D eigenvalue weighted by molar-refractivity contribution is 5.95. The number of imide groups is 1. The normalized spacial score (nSPS) is 16.7. The Morgan fingerprint density at radius 3 is 2.42 bits per heavy atom. The molecule has 1 fully saturated rings. The third kappa shape index (κ3) is 6.57. The fraction of sp³-hybridized carbons (Fsp3) is 0.857. The zero-order valence-corrected chi connectivity index (χ0v) is 12.4. The highest BCUT2D eigenvalue weighted by atomic mass is 16.2. The van der Waals surface area contributed by atoms with Gasteiger partial charge in [-0.3, -0.25) is 15.0 Å². The molecule has 0 atom stereocenters. The summed E-state index contributed by atoms with van der Waals surface area (Å²) in [5, 5.41) is 5.05. The largest absolute Gasteiger partial charge is 0.338 e. The van der Waals surface area contributed by atoms with Gasteiger partial charge >= 0.3 is 6.03 Å². The molecular weight excluding hydrogens is 242 g/mol. The molecule has 1 rings (SSSR count). The molecule has 0 spiro atoms. The first-order chi connectivity index (χ1) is 8.99. The van der Waals surface area contributed by atoms with Gasteiger partial charge in [0.1, 0.15) is 0 Å². The molecule has 19 heavy (non-hydrogen) atoms. The zero-order chi connectivity index (χ0) is 14.3. The molecule has 0 radical (unpaired) electrons. The third-order valence-corrected chi connectivity index (χ3v) is 3.51. The van der Waals surface area contributed by atoms with Crippen molar-refractivity contribution >= 4 is 11.9 Å². The highest BCUT2D eigenvalue weighted by Gasteiger charge is 2.20. The summed E-state index contributed by atoms with van der Waals surface area (Å²) in [6, 6.07) is 0.0916. The number of hydrogen-bond acceptors (Lipinski definition) is 3. The van der Waals surface area contributed by atoms with E-state index in [9.17, 15) is 9.59 Å². The SMILES string of the molecule is CC(C)CNC(=O)NC(=O)CN(C)C1CCCCC1. The van der Waals surface area contributed by atoms with Crippen LogP contribution in [0.5, 0.6) is 0 Å². The first kappa shape index (κ1) is 16.0. The van der Waals surface area contributed by atoms with Crippen LogP contribution in [-0.4, -0.2) is 43.0 Å². The van der Waals surface area contributed by atoms with E-state index in [4.69, 9.17) is 0 Å². The number of carbonyl (C=O) groups is 2. The van der Waals surface area contributed by atoms with Crippen LogP contribution in [0.1, 0.15) is 46.0 Å². The summed E-state index contributed by atoms with van der Waals surface area (Å²) >= 11 is 0. The zero-order valence-electron chi connectivity index (χ0n) is 12.4. The van der Waals surface area contributed by atoms with Gasteiger partial charge in [0.05, 0.1) is 6.54 Å². The van der Waals surface area contributed by atoms with E-state index >= 15 is 0 Å². The second-order valence-electron chi connectivity index (χ2n) is 5.86. The molecule has 5 heteroatoms. The minimum Gasteiger partial charge on any atom is -0.338 e. The van der Waals surface area contributed by atoms with Gasteiger partial charge in [-0.15, -0.1) is 0 Å². The number of nitrogens with zero attached hydrogens (tertiary/aromatic N) is 1. The fourth-order valence-electron chi connectivity index (χ4n) is 2.38. The van der Waals surface area contributed by atoms with Gasteiger partial charge in [-0.2, -0.15) is 0 Å². The van der Waals surface area contributed by atoms with E-state index in [2.05, 4.69) is 15.5 Å². The van der Waals surface area contributed by atoms with Crippen LogP contribution in [0.15, 0.2) is 0 Å². The first-order valence-corrected chi connectivity index (χ1v) is 7.27. The van der Waals surface area contributed by atoms with Crippen LogP contribution >= 0.6 is 0 Å². The van der Waals surface area contributed by atoms with Crippen molar-refractivity contribution in [2.24, 2.45) is 5.92 Å². The van der Waals surface area contributed by atoms with Crippen molar-refractivity contribution in [2.75, 3.05) is 20.1 Å². The number of hydrogen-bond donors (Lipinski definition) is 2. The summed E-state index contributed by atoms with van der Waals surface area (Å²) in [6.45, 7) is 4.90. The quantitative estimate of drug-likeness (QED) is 0.799. The van der Waals surface area contributed by atoms with Gasteiger partial charge in [0.2, 0.25) is 5.91 Å². The van der Waals surface area contributed by atoms with Crippen LogP contribution in [0.25, 0.3) is 0 Å². The lowest BCUT2D eigenvalue weighted by molar-refractivity contribution is -0.121. The van der Waals surface area contributed by atoms with Crippen molar-refractivity contribution in [1.29, 1.82) is 0 Å². The van der Waals surface area contributed by atoms with E-state index in [1.807, 2.05) is 20.9 Å². The van der Waals surface area contributed by atoms with E-state index in [-0.39, 0.29) is 5.91 Å². The molecule has 0 unspecified atom stereocenters. The average Bonchev–Trinajstić information content (AvgIpc) is 2.37. The van der Waals surface area contributed by atoms with E-state index in [0.29, 0.717) is 25.0 Å². The summed E-state index contributed by atoms with van der Waals surface area (Å²) in [6.07, 6.45) is 6.10. The predicted molar refractivity (Wildman–Crippen MR) is 75.9 cm³/mol. The summed E-state index contributed by atoms with van der Waals surface area (Å²) < 4.78 is 0. The molecule has 5 nitrogen and oxygen atoms in total. The lowest BCUT2D eigenvalue weighted by atomic mass is 9.94. The van der Waals surface area contributed by atoms with Crippen molar-refractivity contribution in [3.63, 3.8) is 0 Å². The first-order valence-electron chi connectivity index (χ1n) is 7.27. The van der Waals surface area contributed by atoms with Gasteiger partial charge in [-0.25, -0.2) is 4.79 Å². The van der Waals surface area contributed by atoms with Crippen molar-refractivity contribution in [1.82, 2.24) is 15.5 Å². The maximum Gasteiger partial charge on any atom is 0.321 e. The lowest BCUT2D eigenvalue weighted by Gasteiger charge is -2.30. The van der Waals surface area contributed by atoms with Crippen LogP contribution in [0.4, 0.5) is 4.79 Å². The number of likely N-dealkylation sites (N-methyl/N-ethyl adjacent to an activating group) is 1. The van der Waals surface area contributed by atoms with Crippen molar-refractivity contribution in [2.45, 2.75) is 52.0 Å². The topological polar surface area (TPSA) is 61.4 Å². The average molecular weight is 269 g/mol. The number of rotatable bonds is 5. The lowest BCUT2D eigenvalue weighted by Crippen LogP contribution is -2.46. The summed E-state index contributed by atoms with van der Waals surface area (Å²) in [5.74, 6) is 0.153. The summed E-state index contributed by atoms with van der Waals surface area (Å²) in [4.78, 5) is 25.3. The van der Waals surface area contributed by atoms with E-state index in [0.717, 1.165) is 12.8 Å². The minimum atomic E-state index is -0.393. The Bertz CT molecular complexity index is 299. The Morgan fingerprint density at radius 2 is 1.84 bits per heavy atom. The van der Waals surface area contributed by atoms with E-state index in [1.165, 1.54) is 19.3 Å². The Balaban J connectivity index is 2.23. The van der Waals surface area contributed by atoms with Gasteiger partial charge in [0, 0.05) is 12.6 Å². The standard InChI is InChI=1S/C14H27N3O2/c1-11(2)9-15-14(19)16-13(18)10-17(3)12-7-5-4-6-8-12/h11-12H,4-10H2,1-3H3,(H2,15,16,18,19). The Morgan fingerprint density at radius 1 is 1.21 bits per heavy atom. The van der Waals surface area contributed by atoms with Gasteiger partial charge in [-0.1, -0.05) is 33.1 Å². The Labute approximate surface area is 116 Å². The van der Waals surface area contributed by atoms with Crippen molar-refractivity contribution in [3.05, 3.63) is 0 Å². The molecule has 1 aliphatic rings. The van der Waals surface area contributed by atoms with E-state index in [1.54, 1.807) is 0 Å². The molecule has 110 valence electrons. The van der Waals surface area contributed by atoms with Gasteiger partial charge in [0.25, 0.3) is 0 Å². The molecule has 2 N–H and O–H groups in total. The number of urea groups is 1. The van der Waals surface area contributed by atoms with Crippen LogP contribution < -0.4 is 10.6 Å². The fourth-order valence-corrected chi connectivity index (χ4v) is 2.38. The van der Waals surface area contributed by atoms with Crippen LogP contribution in [-0.2, 0) is 4.79 Å². The molecule has 0 saturated heterocycles. The van der Waals surface area contributed by atoms with Crippen molar-refractivity contribution < 1.29 is 9.59 Å². The maximum absolute atomic E-state index is 11.7. The summed E-state index contributed by atoms with van der Waals surface area (Å²) in [5.41, 5.74) is 0. The molecule has 0 aliphatic heterocycles. The number of nitrogens with one attached hydrogen (secondary N) is 2. The second kappa shape index (κ2) is 8.15. The Hall–Kier alpha value is -1.10. The molecule has 1 aliphatic carbocycles. The molecule has 0 aromatic heterocycles. The molecule has 0 aromatic rings. The summed E-state index contributed by atoms with van der Waals surface area (Å²) in [7, 11) is 1.96. The Kier molecular flexibility index (Phi) is 6.84. The molecule has 1 saturated carbocycles. The maximum atomic E-state index is 11.7. The second-order valence-corrected chi connectivity index (χ2v) is 5.86. The molecular formula is C14H27N3O2. The predicted octanol–water partition coefficient (Wildman–Crippen LogP) is 1.73. The van der Waals surface area contributed by atoms with E-state index < -0.39 is 6.03 Å². The number of carbonyl (C=O) groups excluding carboxylic acids is 2. The minimum absolute atomic E-state index is 0.227. The van der Waals surface area contributed by atoms with Crippen molar-refractivity contribution in [3.8, 4) is 0 Å². The molecule has 0 heterocycles. The molecule has 3 amide bonds. The van der Waals surface area contributed by atoms with Gasteiger partial charge in [-0.05, 0) is 25.8 Å².